The molecule has 1 saturated carbocycles. The van der Waals surface area contributed by atoms with E-state index in [4.69, 9.17) is 5.84 Å². The predicted octanol–water partition coefficient (Wildman–Crippen LogP) is 0.353. The van der Waals surface area contributed by atoms with Crippen LogP contribution >= 0.6 is 0 Å². The van der Waals surface area contributed by atoms with Gasteiger partial charge in [0.25, 0.3) is 0 Å². The minimum Gasteiger partial charge on any atom is -0.275 e. The second kappa shape index (κ2) is 3.88. The molecular weight excluding hydrogens is 192 g/mol. The van der Waals surface area contributed by atoms with E-state index in [1.165, 1.54) is 5.56 Å². The molecule has 5 N–H and O–H groups in total. The monoisotopic (exact) mass is 206 g/mol. The van der Waals surface area contributed by atoms with E-state index in [9.17, 15) is 4.79 Å². The van der Waals surface area contributed by atoms with Crippen molar-refractivity contribution in [3.8, 4) is 0 Å². The lowest BCUT2D eigenvalue weighted by atomic mass is 10.1. The van der Waals surface area contributed by atoms with E-state index in [1.54, 1.807) is 0 Å². The van der Waals surface area contributed by atoms with Gasteiger partial charge in [0, 0.05) is 0 Å². The first-order chi connectivity index (χ1) is 7.27. The minimum absolute atomic E-state index is 0.103. The third-order valence-corrected chi connectivity index (χ3v) is 2.62. The van der Waals surface area contributed by atoms with Crippen molar-refractivity contribution >= 4 is 6.03 Å². The van der Waals surface area contributed by atoms with Crippen molar-refractivity contribution in [2.45, 2.75) is 18.4 Å². The largest absolute Gasteiger partial charge is 0.343 e. The molecule has 0 spiro atoms. The van der Waals surface area contributed by atoms with E-state index < -0.39 is 6.03 Å². The molecule has 1 aromatic carbocycles. The number of hydrogen-bond donors (Lipinski definition) is 4. The maximum Gasteiger partial charge on any atom is 0.343 e. The van der Waals surface area contributed by atoms with Crippen molar-refractivity contribution in [3.63, 3.8) is 0 Å². The maximum atomic E-state index is 10.9. The second-order valence-corrected chi connectivity index (χ2v) is 3.67. The van der Waals surface area contributed by atoms with Gasteiger partial charge in [-0.15, -0.1) is 0 Å². The van der Waals surface area contributed by atoms with E-state index >= 15 is 0 Å². The molecule has 0 bridgehead atoms. The molecule has 1 aliphatic rings. The molecule has 0 heterocycles. The number of hydrogen-bond acceptors (Lipinski definition) is 3. The molecule has 0 unspecified atom stereocenters. The number of carbonyl (C=O) groups excluding carboxylic acids is 1. The molecule has 5 heteroatoms. The van der Waals surface area contributed by atoms with Gasteiger partial charge in [0.1, 0.15) is 0 Å². The van der Waals surface area contributed by atoms with E-state index in [1.807, 2.05) is 35.8 Å². The Morgan fingerprint density at radius 2 is 1.93 bits per heavy atom. The summed E-state index contributed by atoms with van der Waals surface area (Å²) in [7, 11) is 0. The Kier molecular flexibility index (Phi) is 2.57. The zero-order valence-corrected chi connectivity index (χ0v) is 8.29. The average Bonchev–Trinajstić information content (AvgIpc) is 3.08. The molecule has 15 heavy (non-hydrogen) atoms. The highest BCUT2D eigenvalue weighted by Gasteiger charge is 2.44. The van der Waals surface area contributed by atoms with Gasteiger partial charge in [-0.1, -0.05) is 30.3 Å². The molecule has 80 valence electrons. The number of nitrogens with two attached hydrogens (primary N) is 1. The van der Waals surface area contributed by atoms with Crippen molar-refractivity contribution < 1.29 is 4.79 Å². The van der Waals surface area contributed by atoms with Gasteiger partial charge < -0.3 is 0 Å². The summed E-state index contributed by atoms with van der Waals surface area (Å²) in [5.41, 5.74) is 8.59. The summed E-state index contributed by atoms with van der Waals surface area (Å²) < 4.78 is 0. The zero-order valence-electron chi connectivity index (χ0n) is 8.29. The molecule has 5 nitrogen and oxygen atoms in total. The topological polar surface area (TPSA) is 79.2 Å². The summed E-state index contributed by atoms with van der Waals surface area (Å²) in [6, 6.07) is 9.60. The van der Waals surface area contributed by atoms with Crippen molar-refractivity contribution in [1.29, 1.82) is 0 Å². The number of amides is 2. The fourth-order valence-electron chi connectivity index (χ4n) is 1.58. The Labute approximate surface area is 88.0 Å². The number of benzene rings is 1. The molecule has 1 aromatic rings. The van der Waals surface area contributed by atoms with Crippen LogP contribution in [0.2, 0.25) is 0 Å². The Balaban J connectivity index is 2.00. The lowest BCUT2D eigenvalue weighted by Crippen LogP contribution is -2.50. The first-order valence-electron chi connectivity index (χ1n) is 4.86. The summed E-state index contributed by atoms with van der Waals surface area (Å²) in [6.45, 7) is 0. The van der Waals surface area contributed by atoms with Crippen LogP contribution in [0.15, 0.2) is 30.3 Å². The molecule has 0 saturated heterocycles. The highest BCUT2D eigenvalue weighted by atomic mass is 16.2. The fourth-order valence-corrected chi connectivity index (χ4v) is 1.58. The number of rotatable bonds is 3. The Bertz CT molecular complexity index is 348. The maximum absolute atomic E-state index is 10.9. The van der Waals surface area contributed by atoms with Crippen LogP contribution in [0.3, 0.4) is 0 Å². The summed E-state index contributed by atoms with van der Waals surface area (Å²) in [6.07, 6.45) is 2.03. The smallest absolute Gasteiger partial charge is 0.275 e. The lowest BCUT2D eigenvalue weighted by molar-refractivity contribution is 0.233. The Hall–Kier alpha value is -1.59. The van der Waals surface area contributed by atoms with Crippen LogP contribution in [0, 0.1) is 0 Å². The van der Waals surface area contributed by atoms with Crippen LogP contribution in [-0.4, -0.2) is 6.03 Å². The van der Waals surface area contributed by atoms with Crippen molar-refractivity contribution in [2.24, 2.45) is 5.84 Å². The van der Waals surface area contributed by atoms with Gasteiger partial charge in [0.2, 0.25) is 0 Å². The Morgan fingerprint density at radius 1 is 1.27 bits per heavy atom. The number of nitrogens with one attached hydrogen (secondary N) is 3. The van der Waals surface area contributed by atoms with Crippen molar-refractivity contribution in [3.05, 3.63) is 35.9 Å². The van der Waals surface area contributed by atoms with Crippen LogP contribution in [-0.2, 0) is 5.54 Å². The van der Waals surface area contributed by atoms with E-state index in [2.05, 4.69) is 10.9 Å². The predicted molar refractivity (Wildman–Crippen MR) is 56.3 cm³/mol. The quantitative estimate of drug-likeness (QED) is 0.327. The second-order valence-electron chi connectivity index (χ2n) is 3.67. The first-order valence-corrected chi connectivity index (χ1v) is 4.86. The molecule has 0 atom stereocenters. The van der Waals surface area contributed by atoms with Gasteiger partial charge >= 0.3 is 6.03 Å². The van der Waals surface area contributed by atoms with Crippen LogP contribution in [0.4, 0.5) is 4.79 Å². The van der Waals surface area contributed by atoms with Crippen LogP contribution in [0.1, 0.15) is 18.4 Å². The Morgan fingerprint density at radius 3 is 2.47 bits per heavy atom. The summed E-state index contributed by atoms with van der Waals surface area (Å²) in [5, 5.41) is 0. The van der Waals surface area contributed by atoms with Crippen LogP contribution < -0.4 is 22.1 Å². The van der Waals surface area contributed by atoms with E-state index in [0.29, 0.717) is 0 Å². The molecule has 1 aliphatic carbocycles. The summed E-state index contributed by atoms with van der Waals surface area (Å²) >= 11 is 0. The molecule has 2 rings (SSSR count). The highest BCUT2D eigenvalue weighted by molar-refractivity contribution is 5.72. The van der Waals surface area contributed by atoms with Gasteiger partial charge in [-0.2, -0.15) is 0 Å². The average molecular weight is 206 g/mol. The standard InChI is InChI=1S/C10H14N4O/c11-12-9(15)13-14-10(6-7-10)8-4-2-1-3-5-8/h1-5,14H,6-7,11H2,(H2,12,13,15). The zero-order chi connectivity index (χ0) is 10.7. The number of carbonyl (C=O) groups is 1. The lowest BCUT2D eigenvalue weighted by Gasteiger charge is -2.18. The summed E-state index contributed by atoms with van der Waals surface area (Å²) in [5.74, 6) is 4.96. The van der Waals surface area contributed by atoms with Gasteiger partial charge in [-0.05, 0) is 18.4 Å². The fraction of sp³-hybridized carbons (Fsp3) is 0.300. The van der Waals surface area contributed by atoms with Gasteiger partial charge in [0.15, 0.2) is 0 Å². The molecular formula is C10H14N4O. The molecule has 0 aliphatic heterocycles. The third kappa shape index (κ3) is 2.08. The third-order valence-electron chi connectivity index (χ3n) is 2.62. The van der Waals surface area contributed by atoms with E-state index in [0.717, 1.165) is 12.8 Å². The van der Waals surface area contributed by atoms with Gasteiger partial charge in [0.05, 0.1) is 5.54 Å². The minimum atomic E-state index is -0.433. The normalized spacial score (nSPS) is 16.9. The first kappa shape index (κ1) is 9.95. The molecule has 1 fully saturated rings. The SMILES string of the molecule is NNC(=O)NNC1(c2ccccc2)CC1. The number of urea groups is 1. The van der Waals surface area contributed by atoms with Gasteiger partial charge in [-0.3, -0.25) is 10.9 Å². The van der Waals surface area contributed by atoms with Crippen LogP contribution in [0.25, 0.3) is 0 Å². The van der Waals surface area contributed by atoms with Gasteiger partial charge in [-0.25, -0.2) is 16.1 Å². The molecule has 0 aromatic heterocycles. The summed E-state index contributed by atoms with van der Waals surface area (Å²) in [4.78, 5) is 10.9. The van der Waals surface area contributed by atoms with Crippen molar-refractivity contribution in [1.82, 2.24) is 16.3 Å². The van der Waals surface area contributed by atoms with Crippen LogP contribution in [0.5, 0.6) is 0 Å². The highest BCUT2D eigenvalue weighted by Crippen LogP contribution is 2.44. The van der Waals surface area contributed by atoms with Crippen molar-refractivity contribution in [2.75, 3.05) is 0 Å². The molecule has 2 amide bonds. The molecule has 0 radical (unpaired) electrons. The van der Waals surface area contributed by atoms with E-state index in [-0.39, 0.29) is 5.54 Å². The number of hydrazine groups is 2.